The molecule has 3 N–H and O–H groups in total. The number of nitrogens with zero attached hydrogens (tertiary/aromatic N) is 3. The van der Waals surface area contributed by atoms with Crippen molar-refractivity contribution in [1.82, 2.24) is 15.4 Å². The van der Waals surface area contributed by atoms with Gasteiger partial charge in [-0.25, -0.2) is 10.4 Å². The molecular formula is C11H11N5OS. The summed E-state index contributed by atoms with van der Waals surface area (Å²) in [5.74, 6) is -0.325. The summed E-state index contributed by atoms with van der Waals surface area (Å²) in [5.41, 5.74) is 9.19. The van der Waals surface area contributed by atoms with Crippen LogP contribution in [0, 0.1) is 6.92 Å². The van der Waals surface area contributed by atoms with Crippen molar-refractivity contribution < 1.29 is 4.79 Å². The number of anilines is 1. The van der Waals surface area contributed by atoms with E-state index in [1.165, 1.54) is 6.21 Å². The van der Waals surface area contributed by atoms with Gasteiger partial charge in [0.15, 0.2) is 5.13 Å². The Morgan fingerprint density at radius 1 is 1.56 bits per heavy atom. The highest BCUT2D eigenvalue weighted by atomic mass is 32.1. The van der Waals surface area contributed by atoms with E-state index in [1.54, 1.807) is 25.3 Å². The average molecular weight is 261 g/mol. The molecular weight excluding hydrogens is 250 g/mol. The number of thiazole rings is 1. The molecule has 0 aliphatic heterocycles. The van der Waals surface area contributed by atoms with E-state index in [2.05, 4.69) is 20.5 Å². The predicted octanol–water partition coefficient (Wildman–Crippen LogP) is 1.19. The SMILES string of the molecule is Cc1nc(N)sc1C(=O)NN=Cc1ccccn1. The largest absolute Gasteiger partial charge is 0.375 e. The molecule has 18 heavy (non-hydrogen) atoms. The highest BCUT2D eigenvalue weighted by Gasteiger charge is 2.12. The Balaban J connectivity index is 2.01. The van der Waals surface area contributed by atoms with Crippen LogP contribution < -0.4 is 11.2 Å². The fourth-order valence-corrected chi connectivity index (χ4v) is 2.01. The van der Waals surface area contributed by atoms with Gasteiger partial charge in [-0.05, 0) is 19.1 Å². The monoisotopic (exact) mass is 261 g/mol. The van der Waals surface area contributed by atoms with Gasteiger partial charge in [-0.1, -0.05) is 17.4 Å². The Labute approximate surface area is 108 Å². The molecule has 0 unspecified atom stereocenters. The lowest BCUT2D eigenvalue weighted by molar-refractivity contribution is 0.0958. The van der Waals surface area contributed by atoms with Gasteiger partial charge < -0.3 is 5.73 Å². The van der Waals surface area contributed by atoms with Crippen molar-refractivity contribution in [1.29, 1.82) is 0 Å². The molecule has 2 aromatic heterocycles. The quantitative estimate of drug-likeness (QED) is 0.641. The molecule has 0 saturated heterocycles. The van der Waals surface area contributed by atoms with E-state index in [-0.39, 0.29) is 5.91 Å². The van der Waals surface area contributed by atoms with Crippen LogP contribution in [0.4, 0.5) is 5.13 Å². The van der Waals surface area contributed by atoms with Gasteiger partial charge in [0.25, 0.3) is 5.91 Å². The molecule has 0 aromatic carbocycles. The van der Waals surface area contributed by atoms with Crippen LogP contribution in [0.5, 0.6) is 0 Å². The van der Waals surface area contributed by atoms with Gasteiger partial charge in [0.1, 0.15) is 4.88 Å². The minimum absolute atomic E-state index is 0.325. The minimum Gasteiger partial charge on any atom is -0.375 e. The first kappa shape index (κ1) is 12.2. The van der Waals surface area contributed by atoms with E-state index in [0.717, 1.165) is 11.3 Å². The van der Waals surface area contributed by atoms with Crippen molar-refractivity contribution in [2.24, 2.45) is 5.10 Å². The molecule has 0 aliphatic carbocycles. The van der Waals surface area contributed by atoms with Gasteiger partial charge in [-0.2, -0.15) is 5.10 Å². The molecule has 2 aromatic rings. The smallest absolute Gasteiger partial charge is 0.283 e. The van der Waals surface area contributed by atoms with E-state index in [0.29, 0.717) is 21.4 Å². The summed E-state index contributed by atoms with van der Waals surface area (Å²) in [7, 11) is 0. The summed E-state index contributed by atoms with van der Waals surface area (Å²) in [5, 5.41) is 4.19. The molecule has 0 radical (unpaired) electrons. The third kappa shape index (κ3) is 2.89. The first-order valence-electron chi connectivity index (χ1n) is 5.14. The molecule has 0 saturated carbocycles. The number of aryl methyl sites for hydroxylation is 1. The van der Waals surface area contributed by atoms with Gasteiger partial charge in [0.2, 0.25) is 0 Å². The zero-order chi connectivity index (χ0) is 13.0. The molecule has 0 fully saturated rings. The lowest BCUT2D eigenvalue weighted by Gasteiger charge is -1.96. The summed E-state index contributed by atoms with van der Waals surface area (Å²) in [6, 6.07) is 5.43. The molecule has 92 valence electrons. The number of carbonyl (C=O) groups excluding carboxylic acids is 1. The molecule has 0 atom stereocenters. The second kappa shape index (κ2) is 5.37. The number of nitrogens with one attached hydrogen (secondary N) is 1. The molecule has 1 amide bonds. The fraction of sp³-hybridized carbons (Fsp3) is 0.0909. The van der Waals surface area contributed by atoms with Crippen molar-refractivity contribution in [3.05, 3.63) is 40.7 Å². The van der Waals surface area contributed by atoms with Crippen molar-refractivity contribution in [2.75, 3.05) is 5.73 Å². The second-order valence-electron chi connectivity index (χ2n) is 3.42. The summed E-state index contributed by atoms with van der Waals surface area (Å²) < 4.78 is 0. The van der Waals surface area contributed by atoms with E-state index in [9.17, 15) is 4.79 Å². The van der Waals surface area contributed by atoms with Crippen LogP contribution >= 0.6 is 11.3 Å². The number of hydrazone groups is 1. The molecule has 2 heterocycles. The number of aromatic nitrogens is 2. The first-order valence-corrected chi connectivity index (χ1v) is 5.96. The normalized spacial score (nSPS) is 10.7. The number of carbonyl (C=O) groups is 1. The Kier molecular flexibility index (Phi) is 3.63. The topological polar surface area (TPSA) is 93.3 Å². The van der Waals surface area contributed by atoms with Crippen LogP contribution in [-0.2, 0) is 0 Å². The van der Waals surface area contributed by atoms with Gasteiger partial charge >= 0.3 is 0 Å². The minimum atomic E-state index is -0.325. The highest BCUT2D eigenvalue weighted by Crippen LogP contribution is 2.19. The van der Waals surface area contributed by atoms with E-state index in [1.807, 2.05) is 6.07 Å². The van der Waals surface area contributed by atoms with Crippen LogP contribution in [0.3, 0.4) is 0 Å². The maximum absolute atomic E-state index is 11.7. The van der Waals surface area contributed by atoms with Crippen LogP contribution in [0.2, 0.25) is 0 Å². The number of nitrogens with two attached hydrogens (primary N) is 1. The van der Waals surface area contributed by atoms with Crippen LogP contribution in [0.25, 0.3) is 0 Å². The maximum Gasteiger partial charge on any atom is 0.283 e. The van der Waals surface area contributed by atoms with Gasteiger partial charge in [0, 0.05) is 6.20 Å². The Morgan fingerprint density at radius 2 is 2.39 bits per heavy atom. The van der Waals surface area contributed by atoms with Crippen molar-refractivity contribution in [3.63, 3.8) is 0 Å². The lowest BCUT2D eigenvalue weighted by atomic mass is 10.4. The summed E-state index contributed by atoms with van der Waals surface area (Å²) in [6.45, 7) is 1.73. The summed E-state index contributed by atoms with van der Waals surface area (Å²) in [4.78, 5) is 20.2. The van der Waals surface area contributed by atoms with Crippen LogP contribution in [-0.4, -0.2) is 22.1 Å². The Hall–Kier alpha value is -2.28. The zero-order valence-corrected chi connectivity index (χ0v) is 10.4. The number of amides is 1. The standard InChI is InChI=1S/C11H11N5OS/c1-7-9(18-11(12)15-7)10(17)16-14-6-8-4-2-3-5-13-8/h2-6H,1H3,(H2,12,15)(H,16,17). The third-order valence-electron chi connectivity index (χ3n) is 2.07. The first-order chi connectivity index (χ1) is 8.66. The van der Waals surface area contributed by atoms with E-state index < -0.39 is 0 Å². The van der Waals surface area contributed by atoms with E-state index >= 15 is 0 Å². The summed E-state index contributed by atoms with van der Waals surface area (Å²) >= 11 is 1.13. The maximum atomic E-state index is 11.7. The van der Waals surface area contributed by atoms with Crippen molar-refractivity contribution in [3.8, 4) is 0 Å². The van der Waals surface area contributed by atoms with E-state index in [4.69, 9.17) is 5.73 Å². The molecule has 0 bridgehead atoms. The van der Waals surface area contributed by atoms with Crippen LogP contribution in [0.1, 0.15) is 21.1 Å². The molecule has 2 rings (SSSR count). The number of pyridine rings is 1. The predicted molar refractivity (Wildman–Crippen MR) is 70.6 cm³/mol. The molecule has 0 aliphatic rings. The highest BCUT2D eigenvalue weighted by molar-refractivity contribution is 7.17. The Morgan fingerprint density at radius 3 is 3.00 bits per heavy atom. The van der Waals surface area contributed by atoms with Crippen LogP contribution in [0.15, 0.2) is 29.5 Å². The molecule has 7 heteroatoms. The third-order valence-corrected chi connectivity index (χ3v) is 3.06. The average Bonchev–Trinajstić information content (AvgIpc) is 2.70. The number of hydrogen-bond acceptors (Lipinski definition) is 6. The van der Waals surface area contributed by atoms with Gasteiger partial charge in [-0.15, -0.1) is 0 Å². The number of nitrogen functional groups attached to an aromatic ring is 1. The zero-order valence-electron chi connectivity index (χ0n) is 9.62. The van der Waals surface area contributed by atoms with Crippen molar-refractivity contribution in [2.45, 2.75) is 6.92 Å². The number of rotatable bonds is 3. The summed E-state index contributed by atoms with van der Waals surface area (Å²) in [6.07, 6.45) is 3.12. The fourth-order valence-electron chi connectivity index (χ4n) is 1.29. The second-order valence-corrected chi connectivity index (χ2v) is 4.45. The van der Waals surface area contributed by atoms with Crippen molar-refractivity contribution >= 4 is 28.6 Å². The van der Waals surface area contributed by atoms with Gasteiger partial charge in [0.05, 0.1) is 17.6 Å². The molecule has 6 nitrogen and oxygen atoms in total. The lowest BCUT2D eigenvalue weighted by Crippen LogP contribution is -2.17. The van der Waals surface area contributed by atoms with Gasteiger partial charge in [-0.3, -0.25) is 9.78 Å². The Bertz CT molecular complexity index is 578. The molecule has 0 spiro atoms. The number of hydrogen-bond donors (Lipinski definition) is 2.